The fourth-order valence-corrected chi connectivity index (χ4v) is 4.24. The number of esters is 1. The number of likely N-dealkylation sites (tertiary alicyclic amines) is 1. The van der Waals surface area contributed by atoms with Crippen LogP contribution in [0.15, 0.2) is 42.5 Å². The molecular weight excluding hydrogens is 458 g/mol. The number of ether oxygens (including phenoxy) is 1. The van der Waals surface area contributed by atoms with Gasteiger partial charge in [0.25, 0.3) is 0 Å². The number of aliphatic hydroxyl groups is 1. The van der Waals surface area contributed by atoms with Crippen LogP contribution >= 0.6 is 0 Å². The highest BCUT2D eigenvalue weighted by Crippen LogP contribution is 2.34. The summed E-state index contributed by atoms with van der Waals surface area (Å²) >= 11 is 0. The van der Waals surface area contributed by atoms with Gasteiger partial charge in [-0.1, -0.05) is 42.5 Å². The predicted molar refractivity (Wildman–Crippen MR) is 125 cm³/mol. The van der Waals surface area contributed by atoms with Crippen LogP contribution in [0, 0.1) is 5.92 Å². The third-order valence-electron chi connectivity index (χ3n) is 6.03. The molecule has 0 aromatic heterocycles. The Kier molecular flexibility index (Phi) is 10.9. The van der Waals surface area contributed by atoms with E-state index >= 15 is 0 Å². The molecule has 35 heavy (non-hydrogen) atoms. The smallest absolute Gasteiger partial charge is 0.336 e. The van der Waals surface area contributed by atoms with Gasteiger partial charge in [-0.05, 0) is 50.3 Å². The lowest BCUT2D eigenvalue weighted by atomic mass is 9.85. The van der Waals surface area contributed by atoms with E-state index in [0.717, 1.165) is 38.0 Å². The molecule has 4 N–H and O–H groups in total. The highest BCUT2D eigenvalue weighted by Gasteiger charge is 2.40. The Bertz CT molecular complexity index is 877. The predicted octanol–water partition coefficient (Wildman–Crippen LogP) is 2.13. The van der Waals surface area contributed by atoms with Crippen LogP contribution in [0.25, 0.3) is 0 Å². The van der Waals surface area contributed by atoms with Crippen molar-refractivity contribution >= 4 is 23.9 Å². The molecule has 1 aliphatic carbocycles. The van der Waals surface area contributed by atoms with Crippen LogP contribution in [-0.4, -0.2) is 81.0 Å². The topological polar surface area (TPSA) is 162 Å². The fraction of sp³-hybridized carbons (Fsp3) is 0.520. The first-order valence-corrected chi connectivity index (χ1v) is 11.6. The standard InChI is InChI=1S/C19H25NO2.C6H8O7/c21-19(22-15-14-20-12-6-7-13-20)18(17-10-4-5-11-17)16-8-2-1-3-9-16;7-3(8)1-6(13,5(11)12)2-4(9)10/h1-4,8-10,17-18H,5-7,11-15H2;13H,1-2H2,(H,7,8)(H,9,10)(H,11,12). The van der Waals surface area contributed by atoms with Crippen LogP contribution in [0.3, 0.4) is 0 Å². The highest BCUT2D eigenvalue weighted by molar-refractivity contribution is 5.88. The van der Waals surface area contributed by atoms with Gasteiger partial charge in [-0.3, -0.25) is 19.3 Å². The van der Waals surface area contributed by atoms with Crippen molar-refractivity contribution in [1.29, 1.82) is 0 Å². The van der Waals surface area contributed by atoms with Gasteiger partial charge in [0.1, 0.15) is 6.61 Å². The second kappa shape index (κ2) is 13.6. The number of carboxylic acid groups (broad SMARTS) is 3. The van der Waals surface area contributed by atoms with Crippen LogP contribution in [0.4, 0.5) is 0 Å². The van der Waals surface area contributed by atoms with Crippen molar-refractivity contribution in [2.45, 2.75) is 50.0 Å². The molecular formula is C25H33NO9. The number of rotatable bonds is 11. The number of carboxylic acids is 3. The number of carbonyl (C=O) groups excluding carboxylic acids is 1. The van der Waals surface area contributed by atoms with Gasteiger partial charge >= 0.3 is 23.9 Å². The number of nitrogens with zero attached hydrogens (tertiary/aromatic N) is 1. The Hall–Kier alpha value is -3.24. The summed E-state index contributed by atoms with van der Waals surface area (Å²) in [4.78, 5) is 45.5. The van der Waals surface area contributed by atoms with Crippen molar-refractivity contribution in [3.8, 4) is 0 Å². The minimum atomic E-state index is -2.74. The van der Waals surface area contributed by atoms with Gasteiger partial charge in [-0.25, -0.2) is 4.79 Å². The van der Waals surface area contributed by atoms with Gasteiger partial charge in [0.15, 0.2) is 5.60 Å². The summed E-state index contributed by atoms with van der Waals surface area (Å²) < 4.78 is 5.62. The summed E-state index contributed by atoms with van der Waals surface area (Å²) in [5.41, 5.74) is -1.66. The maximum atomic E-state index is 12.6. The molecule has 2 aliphatic rings. The molecule has 3 rings (SSSR count). The summed E-state index contributed by atoms with van der Waals surface area (Å²) in [6, 6.07) is 10.1. The minimum absolute atomic E-state index is 0.0676. The molecule has 10 nitrogen and oxygen atoms in total. The summed E-state index contributed by atoms with van der Waals surface area (Å²) in [6.45, 7) is 3.67. The first-order valence-electron chi connectivity index (χ1n) is 11.6. The number of aliphatic carboxylic acids is 3. The molecule has 2 unspecified atom stereocenters. The average molecular weight is 492 g/mol. The monoisotopic (exact) mass is 491 g/mol. The summed E-state index contributed by atoms with van der Waals surface area (Å²) in [7, 11) is 0. The summed E-state index contributed by atoms with van der Waals surface area (Å²) in [5, 5.41) is 33.8. The second-order valence-electron chi connectivity index (χ2n) is 8.75. The van der Waals surface area contributed by atoms with E-state index in [4.69, 9.17) is 25.2 Å². The van der Waals surface area contributed by atoms with E-state index in [1.807, 2.05) is 30.3 Å². The quantitative estimate of drug-likeness (QED) is 0.266. The molecule has 1 aromatic carbocycles. The number of hydrogen-bond acceptors (Lipinski definition) is 7. The molecule has 0 bridgehead atoms. The van der Waals surface area contributed by atoms with E-state index in [2.05, 4.69) is 17.1 Å². The molecule has 1 aromatic rings. The lowest BCUT2D eigenvalue weighted by molar-refractivity contribution is -0.170. The molecule has 10 heteroatoms. The average Bonchev–Trinajstić information content (AvgIpc) is 3.49. The zero-order chi connectivity index (χ0) is 25.8. The number of allylic oxidation sites excluding steroid dienone is 2. The van der Waals surface area contributed by atoms with Crippen LogP contribution < -0.4 is 0 Å². The maximum Gasteiger partial charge on any atom is 0.336 e. The van der Waals surface area contributed by atoms with Crippen molar-refractivity contribution in [1.82, 2.24) is 4.90 Å². The molecule has 0 amide bonds. The summed E-state index contributed by atoms with van der Waals surface area (Å²) in [6.07, 6.45) is 6.72. The Labute approximate surface area is 203 Å². The first-order chi connectivity index (χ1) is 16.6. The van der Waals surface area contributed by atoms with E-state index in [9.17, 15) is 19.2 Å². The Morgan fingerprint density at radius 2 is 1.60 bits per heavy atom. The van der Waals surface area contributed by atoms with Crippen LogP contribution in [0.1, 0.15) is 50.0 Å². The van der Waals surface area contributed by atoms with Crippen LogP contribution in [0.5, 0.6) is 0 Å². The van der Waals surface area contributed by atoms with Gasteiger partial charge < -0.3 is 25.2 Å². The van der Waals surface area contributed by atoms with Crippen LogP contribution in [-0.2, 0) is 23.9 Å². The van der Waals surface area contributed by atoms with Crippen molar-refractivity contribution in [2.24, 2.45) is 5.92 Å². The molecule has 0 radical (unpaired) electrons. The molecule has 1 saturated heterocycles. The van der Waals surface area contributed by atoms with Gasteiger partial charge in [0.05, 0.1) is 18.8 Å². The molecule has 1 fully saturated rings. The molecule has 0 saturated carbocycles. The van der Waals surface area contributed by atoms with Crippen molar-refractivity contribution in [3.05, 3.63) is 48.0 Å². The molecule has 192 valence electrons. The van der Waals surface area contributed by atoms with E-state index in [1.54, 1.807) is 0 Å². The van der Waals surface area contributed by atoms with Gasteiger partial charge in [0, 0.05) is 6.54 Å². The van der Waals surface area contributed by atoms with E-state index in [-0.39, 0.29) is 17.8 Å². The van der Waals surface area contributed by atoms with Gasteiger partial charge in [-0.2, -0.15) is 0 Å². The lowest BCUT2D eigenvalue weighted by Crippen LogP contribution is -2.42. The molecule has 0 spiro atoms. The first kappa shape index (κ1) is 28.0. The third-order valence-corrected chi connectivity index (χ3v) is 6.03. The zero-order valence-electron chi connectivity index (χ0n) is 19.5. The highest BCUT2D eigenvalue weighted by atomic mass is 16.5. The van der Waals surface area contributed by atoms with Gasteiger partial charge in [-0.15, -0.1) is 0 Å². The maximum absolute atomic E-state index is 12.6. The SMILES string of the molecule is O=C(O)CC(O)(CC(=O)O)C(=O)O.O=C(OCCN1CCCC1)C(c1ccccc1)C1C=CCC1. The molecule has 1 aliphatic heterocycles. The Balaban J connectivity index is 0.000000287. The van der Waals surface area contributed by atoms with Gasteiger partial charge in [0.2, 0.25) is 0 Å². The largest absolute Gasteiger partial charge is 0.481 e. The van der Waals surface area contributed by atoms with Crippen LogP contribution in [0.2, 0.25) is 0 Å². The molecule has 1 heterocycles. The van der Waals surface area contributed by atoms with Crippen molar-refractivity contribution < 1.29 is 44.3 Å². The Morgan fingerprint density at radius 1 is 1.00 bits per heavy atom. The third kappa shape index (κ3) is 9.14. The minimum Gasteiger partial charge on any atom is -0.481 e. The number of benzene rings is 1. The van der Waals surface area contributed by atoms with E-state index < -0.39 is 36.4 Å². The number of hydrogen-bond donors (Lipinski definition) is 4. The molecule has 2 atom stereocenters. The lowest BCUT2D eigenvalue weighted by Gasteiger charge is -2.22. The normalized spacial score (nSPS) is 18.4. The number of carbonyl (C=O) groups is 4. The van der Waals surface area contributed by atoms with Crippen molar-refractivity contribution in [2.75, 3.05) is 26.2 Å². The summed E-state index contributed by atoms with van der Waals surface area (Å²) in [5.74, 6) is -4.96. The van der Waals surface area contributed by atoms with Crippen molar-refractivity contribution in [3.63, 3.8) is 0 Å². The zero-order valence-corrected chi connectivity index (χ0v) is 19.5. The van der Waals surface area contributed by atoms with E-state index in [0.29, 0.717) is 6.61 Å². The van der Waals surface area contributed by atoms with E-state index in [1.165, 1.54) is 12.8 Å². The fourth-order valence-electron chi connectivity index (χ4n) is 4.24. The second-order valence-corrected chi connectivity index (χ2v) is 8.75. The Morgan fingerprint density at radius 3 is 2.09 bits per heavy atom.